The molecule has 0 spiro atoms. The highest BCUT2D eigenvalue weighted by molar-refractivity contribution is 5.97. The van der Waals surface area contributed by atoms with Gasteiger partial charge in [0, 0.05) is 6.07 Å². The minimum absolute atomic E-state index is 0.109. The van der Waals surface area contributed by atoms with Crippen molar-refractivity contribution in [1.82, 2.24) is 0 Å². The van der Waals surface area contributed by atoms with Crippen LogP contribution in [0.3, 0.4) is 0 Å². The van der Waals surface area contributed by atoms with Gasteiger partial charge in [-0.2, -0.15) is 0 Å². The highest BCUT2D eigenvalue weighted by atomic mass is 19.1. The standard InChI is InChI=1S/C9H8F2N2O3/c10-3-5-1-7(9(12)14)8(13(15)16)2-6(5)4-11/h1-2H,3-4H2,(H2,12,14). The van der Waals surface area contributed by atoms with E-state index < -0.39 is 35.4 Å². The zero-order valence-electron chi connectivity index (χ0n) is 8.07. The minimum atomic E-state index is -1.05. The molecule has 1 aromatic rings. The van der Waals surface area contributed by atoms with Crippen molar-refractivity contribution in [2.45, 2.75) is 13.3 Å². The van der Waals surface area contributed by atoms with Crippen molar-refractivity contribution >= 4 is 11.6 Å². The van der Waals surface area contributed by atoms with Gasteiger partial charge in [-0.25, -0.2) is 8.78 Å². The summed E-state index contributed by atoms with van der Waals surface area (Å²) in [6.45, 7) is -2.06. The molecule has 5 nitrogen and oxygen atoms in total. The summed E-state index contributed by atoms with van der Waals surface area (Å²) >= 11 is 0. The number of nitrogens with two attached hydrogens (primary N) is 1. The summed E-state index contributed by atoms with van der Waals surface area (Å²) in [4.78, 5) is 20.6. The Kier molecular flexibility index (Phi) is 3.49. The Morgan fingerprint density at radius 2 is 1.81 bits per heavy atom. The maximum Gasteiger partial charge on any atom is 0.282 e. The highest BCUT2D eigenvalue weighted by Gasteiger charge is 2.21. The molecule has 0 aliphatic heterocycles. The van der Waals surface area contributed by atoms with Crippen molar-refractivity contribution in [2.24, 2.45) is 5.73 Å². The van der Waals surface area contributed by atoms with Crippen molar-refractivity contribution < 1.29 is 18.5 Å². The molecule has 2 N–H and O–H groups in total. The van der Waals surface area contributed by atoms with Crippen LogP contribution in [0.5, 0.6) is 0 Å². The first kappa shape index (κ1) is 12.0. The van der Waals surface area contributed by atoms with Gasteiger partial charge >= 0.3 is 0 Å². The van der Waals surface area contributed by atoms with Gasteiger partial charge in [0.05, 0.1) is 4.92 Å². The lowest BCUT2D eigenvalue weighted by Gasteiger charge is -2.05. The normalized spacial score (nSPS) is 10.1. The fraction of sp³-hybridized carbons (Fsp3) is 0.222. The van der Waals surface area contributed by atoms with Crippen molar-refractivity contribution in [3.63, 3.8) is 0 Å². The molecule has 7 heteroatoms. The van der Waals surface area contributed by atoms with Crippen LogP contribution in [0, 0.1) is 10.1 Å². The highest BCUT2D eigenvalue weighted by Crippen LogP contribution is 2.24. The van der Waals surface area contributed by atoms with Gasteiger partial charge in [-0.15, -0.1) is 0 Å². The quantitative estimate of drug-likeness (QED) is 0.630. The molecular weight excluding hydrogens is 222 g/mol. The number of amides is 1. The fourth-order valence-corrected chi connectivity index (χ4v) is 1.27. The second-order valence-corrected chi connectivity index (χ2v) is 3.03. The van der Waals surface area contributed by atoms with E-state index in [4.69, 9.17) is 5.73 Å². The van der Waals surface area contributed by atoms with Crippen molar-refractivity contribution in [3.05, 3.63) is 38.9 Å². The zero-order chi connectivity index (χ0) is 12.3. The van der Waals surface area contributed by atoms with Crippen LogP contribution in [-0.4, -0.2) is 10.8 Å². The van der Waals surface area contributed by atoms with E-state index in [0.717, 1.165) is 12.1 Å². The predicted octanol–water partition coefficient (Wildman–Crippen LogP) is 1.63. The summed E-state index contributed by atoms with van der Waals surface area (Å²) in [7, 11) is 0. The summed E-state index contributed by atoms with van der Waals surface area (Å²) in [5.74, 6) is -1.05. The first-order valence-corrected chi connectivity index (χ1v) is 4.23. The van der Waals surface area contributed by atoms with Crippen LogP contribution in [0.15, 0.2) is 12.1 Å². The SMILES string of the molecule is NC(=O)c1cc(CF)c(CF)cc1[N+](=O)[O-]. The Bertz CT molecular complexity index is 408. The van der Waals surface area contributed by atoms with Crippen LogP contribution in [0.1, 0.15) is 21.5 Å². The number of alkyl halides is 2. The molecule has 1 aromatic carbocycles. The molecule has 86 valence electrons. The number of benzene rings is 1. The Morgan fingerprint density at radius 1 is 1.31 bits per heavy atom. The third-order valence-electron chi connectivity index (χ3n) is 2.07. The predicted molar refractivity (Wildman–Crippen MR) is 51.2 cm³/mol. The number of carbonyl (C=O) groups excluding carboxylic acids is 1. The third kappa shape index (κ3) is 2.13. The molecular formula is C9H8F2N2O3. The molecule has 0 saturated carbocycles. The molecule has 0 saturated heterocycles. The van der Waals surface area contributed by atoms with E-state index in [1.54, 1.807) is 0 Å². The van der Waals surface area contributed by atoms with Crippen molar-refractivity contribution in [3.8, 4) is 0 Å². The first-order chi connectivity index (χ1) is 7.51. The topological polar surface area (TPSA) is 86.2 Å². The maximum absolute atomic E-state index is 12.5. The Labute approximate surface area is 89.0 Å². The summed E-state index contributed by atoms with van der Waals surface area (Å²) in [5.41, 5.74) is 3.61. The van der Waals surface area contributed by atoms with Crippen LogP contribution < -0.4 is 5.73 Å². The van der Waals surface area contributed by atoms with E-state index in [1.165, 1.54) is 0 Å². The fourth-order valence-electron chi connectivity index (χ4n) is 1.27. The number of primary amides is 1. The zero-order valence-corrected chi connectivity index (χ0v) is 8.07. The largest absolute Gasteiger partial charge is 0.365 e. The van der Waals surface area contributed by atoms with Gasteiger partial charge in [0.15, 0.2) is 0 Å². The van der Waals surface area contributed by atoms with Gasteiger partial charge in [-0.3, -0.25) is 14.9 Å². The molecule has 1 rings (SSSR count). The number of hydrogen-bond donors (Lipinski definition) is 1. The molecule has 0 unspecified atom stereocenters. The summed E-state index contributed by atoms with van der Waals surface area (Å²) in [5, 5.41) is 10.6. The second kappa shape index (κ2) is 4.65. The molecule has 16 heavy (non-hydrogen) atoms. The summed E-state index contributed by atoms with van der Waals surface area (Å²) in [6.07, 6.45) is 0. The van der Waals surface area contributed by atoms with Gasteiger partial charge in [0.1, 0.15) is 18.9 Å². The number of nitro benzene ring substituents is 1. The Balaban J connectivity index is 3.47. The number of nitrogens with zero attached hydrogens (tertiary/aromatic N) is 1. The van der Waals surface area contributed by atoms with Gasteiger partial charge in [-0.1, -0.05) is 0 Å². The van der Waals surface area contributed by atoms with Gasteiger partial charge < -0.3 is 5.73 Å². The van der Waals surface area contributed by atoms with E-state index in [1.807, 2.05) is 0 Å². The lowest BCUT2D eigenvalue weighted by Crippen LogP contribution is -2.14. The minimum Gasteiger partial charge on any atom is -0.365 e. The number of halogens is 2. The number of hydrogen-bond acceptors (Lipinski definition) is 3. The van der Waals surface area contributed by atoms with Crippen LogP contribution >= 0.6 is 0 Å². The molecule has 1 amide bonds. The summed E-state index contributed by atoms with van der Waals surface area (Å²) < 4.78 is 24.9. The molecule has 0 aliphatic carbocycles. The molecule has 0 radical (unpaired) electrons. The molecule has 0 bridgehead atoms. The van der Waals surface area contributed by atoms with Crippen LogP contribution in [0.25, 0.3) is 0 Å². The molecule has 0 atom stereocenters. The van der Waals surface area contributed by atoms with Crippen LogP contribution in [0.2, 0.25) is 0 Å². The maximum atomic E-state index is 12.5. The van der Waals surface area contributed by atoms with E-state index >= 15 is 0 Å². The summed E-state index contributed by atoms with van der Waals surface area (Å²) in [6, 6.07) is 1.74. The van der Waals surface area contributed by atoms with E-state index in [-0.39, 0.29) is 11.1 Å². The first-order valence-electron chi connectivity index (χ1n) is 4.23. The van der Waals surface area contributed by atoms with Gasteiger partial charge in [0.25, 0.3) is 11.6 Å². The van der Waals surface area contributed by atoms with Crippen LogP contribution in [-0.2, 0) is 13.3 Å². The van der Waals surface area contributed by atoms with E-state index in [9.17, 15) is 23.7 Å². The average molecular weight is 230 g/mol. The lowest BCUT2D eigenvalue weighted by molar-refractivity contribution is -0.385. The lowest BCUT2D eigenvalue weighted by atomic mass is 10.0. The van der Waals surface area contributed by atoms with Gasteiger partial charge in [-0.05, 0) is 17.2 Å². The molecule has 0 heterocycles. The molecule has 0 aromatic heterocycles. The van der Waals surface area contributed by atoms with E-state index in [2.05, 4.69) is 0 Å². The van der Waals surface area contributed by atoms with E-state index in [0.29, 0.717) is 0 Å². The van der Waals surface area contributed by atoms with Crippen LogP contribution in [0.4, 0.5) is 14.5 Å². The average Bonchev–Trinajstić information content (AvgIpc) is 2.26. The van der Waals surface area contributed by atoms with Crippen molar-refractivity contribution in [2.75, 3.05) is 0 Å². The monoisotopic (exact) mass is 230 g/mol. The Hall–Kier alpha value is -2.05. The van der Waals surface area contributed by atoms with Crippen molar-refractivity contribution in [1.29, 1.82) is 0 Å². The second-order valence-electron chi connectivity index (χ2n) is 3.03. The van der Waals surface area contributed by atoms with Gasteiger partial charge in [0.2, 0.25) is 0 Å². The smallest absolute Gasteiger partial charge is 0.282 e. The number of nitro groups is 1. The number of carbonyl (C=O) groups is 1. The third-order valence-corrected chi connectivity index (χ3v) is 2.07. The molecule has 0 aliphatic rings. The molecule has 0 fully saturated rings. The Morgan fingerprint density at radius 3 is 2.19 bits per heavy atom. The number of rotatable bonds is 4.